The number of phenols is 1. The van der Waals surface area contributed by atoms with E-state index in [1.54, 1.807) is 23.5 Å². The second kappa shape index (κ2) is 4.30. The monoisotopic (exact) mass is 248 g/mol. The van der Waals surface area contributed by atoms with E-state index in [4.69, 9.17) is 5.73 Å². The van der Waals surface area contributed by atoms with E-state index in [1.165, 1.54) is 10.6 Å². The van der Waals surface area contributed by atoms with Crippen molar-refractivity contribution in [3.8, 4) is 16.9 Å². The molecule has 4 heteroatoms. The number of thiophene rings is 1. The van der Waals surface area contributed by atoms with Crippen molar-refractivity contribution in [3.63, 3.8) is 0 Å². The third kappa shape index (κ3) is 2.08. The van der Waals surface area contributed by atoms with Gasteiger partial charge in [0, 0.05) is 19.7 Å². The van der Waals surface area contributed by atoms with Crippen molar-refractivity contribution in [2.45, 2.75) is 6.92 Å². The first-order chi connectivity index (χ1) is 8.00. The zero-order valence-electron chi connectivity index (χ0n) is 10.2. The fraction of sp³-hybridized carbons (Fsp3) is 0.231. The van der Waals surface area contributed by atoms with Crippen molar-refractivity contribution in [3.05, 3.63) is 29.1 Å². The maximum atomic E-state index is 9.68. The fourth-order valence-electron chi connectivity index (χ4n) is 1.81. The van der Waals surface area contributed by atoms with Gasteiger partial charge in [0.15, 0.2) is 0 Å². The van der Waals surface area contributed by atoms with E-state index in [0.717, 1.165) is 11.1 Å². The summed E-state index contributed by atoms with van der Waals surface area (Å²) < 4.78 is 0. The molecule has 0 spiro atoms. The molecule has 0 fully saturated rings. The van der Waals surface area contributed by atoms with E-state index in [2.05, 4.69) is 17.2 Å². The Hall–Kier alpha value is -1.68. The molecule has 0 amide bonds. The number of rotatable bonds is 2. The highest BCUT2D eigenvalue weighted by atomic mass is 32.1. The van der Waals surface area contributed by atoms with Gasteiger partial charge < -0.3 is 15.7 Å². The number of benzene rings is 1. The van der Waals surface area contributed by atoms with Gasteiger partial charge in [0.1, 0.15) is 5.75 Å². The van der Waals surface area contributed by atoms with Gasteiger partial charge in [-0.2, -0.15) is 0 Å². The van der Waals surface area contributed by atoms with Gasteiger partial charge in [-0.1, -0.05) is 6.07 Å². The molecule has 90 valence electrons. The van der Waals surface area contributed by atoms with Gasteiger partial charge in [0.2, 0.25) is 0 Å². The van der Waals surface area contributed by atoms with Crippen LogP contribution in [0, 0.1) is 6.92 Å². The number of nitrogen functional groups attached to an aromatic ring is 1. The van der Waals surface area contributed by atoms with Crippen molar-refractivity contribution in [2.75, 3.05) is 24.7 Å². The lowest BCUT2D eigenvalue weighted by atomic mass is 10.0. The van der Waals surface area contributed by atoms with Crippen LogP contribution in [0.25, 0.3) is 11.1 Å². The fourth-order valence-corrected chi connectivity index (χ4v) is 2.82. The van der Waals surface area contributed by atoms with Crippen LogP contribution in [0.2, 0.25) is 0 Å². The smallest absolute Gasteiger partial charge is 0.139 e. The Balaban J connectivity index is 2.59. The van der Waals surface area contributed by atoms with Gasteiger partial charge in [-0.15, -0.1) is 11.3 Å². The summed E-state index contributed by atoms with van der Waals surface area (Å²) in [5, 5.41) is 13.0. The Bertz CT molecular complexity index is 546. The number of hydrogen-bond donors (Lipinski definition) is 2. The van der Waals surface area contributed by atoms with Crippen LogP contribution in [0.5, 0.6) is 5.75 Å². The van der Waals surface area contributed by atoms with Crippen LogP contribution in [-0.4, -0.2) is 19.2 Å². The Morgan fingerprint density at radius 1 is 1.29 bits per heavy atom. The molecule has 3 nitrogen and oxygen atoms in total. The SMILES string of the molecule is Cc1csc(N(C)C)c1-c1ccc(N)c(O)c1. The van der Waals surface area contributed by atoms with Gasteiger partial charge >= 0.3 is 0 Å². The first kappa shape index (κ1) is 11.8. The van der Waals surface area contributed by atoms with Crippen LogP contribution >= 0.6 is 11.3 Å². The molecule has 0 aliphatic rings. The molecule has 0 aliphatic carbocycles. The normalized spacial score (nSPS) is 10.5. The van der Waals surface area contributed by atoms with Gasteiger partial charge in [0.25, 0.3) is 0 Å². The van der Waals surface area contributed by atoms with Crippen LogP contribution in [0.1, 0.15) is 5.56 Å². The van der Waals surface area contributed by atoms with Crippen molar-refractivity contribution in [1.82, 2.24) is 0 Å². The summed E-state index contributed by atoms with van der Waals surface area (Å²) in [6.45, 7) is 2.08. The molecular weight excluding hydrogens is 232 g/mol. The van der Waals surface area contributed by atoms with Crippen LogP contribution < -0.4 is 10.6 Å². The summed E-state index contributed by atoms with van der Waals surface area (Å²) in [4.78, 5) is 2.08. The Kier molecular flexibility index (Phi) is 2.98. The minimum absolute atomic E-state index is 0.137. The predicted molar refractivity (Wildman–Crippen MR) is 74.9 cm³/mol. The molecule has 1 aromatic carbocycles. The number of aromatic hydroxyl groups is 1. The standard InChI is InChI=1S/C13H16N2OS/c1-8-7-17-13(15(2)3)12(8)9-4-5-10(14)11(16)6-9/h4-7,16H,14H2,1-3H3. The first-order valence-electron chi connectivity index (χ1n) is 5.35. The molecule has 0 aliphatic heterocycles. The molecule has 3 N–H and O–H groups in total. The molecule has 2 rings (SSSR count). The lowest BCUT2D eigenvalue weighted by Gasteiger charge is -2.14. The molecule has 2 aromatic rings. The van der Waals surface area contributed by atoms with Crippen molar-refractivity contribution >= 4 is 22.0 Å². The largest absolute Gasteiger partial charge is 0.506 e. The molecule has 0 bridgehead atoms. The van der Waals surface area contributed by atoms with Crippen LogP contribution in [0.3, 0.4) is 0 Å². The molecule has 0 saturated heterocycles. The summed E-state index contributed by atoms with van der Waals surface area (Å²) in [6.07, 6.45) is 0. The number of phenolic OH excluding ortho intramolecular Hbond substituents is 1. The van der Waals surface area contributed by atoms with Gasteiger partial charge in [-0.05, 0) is 35.6 Å². The maximum Gasteiger partial charge on any atom is 0.139 e. The molecule has 0 radical (unpaired) electrons. The maximum absolute atomic E-state index is 9.68. The second-order valence-corrected chi connectivity index (χ2v) is 5.12. The summed E-state index contributed by atoms with van der Waals surface area (Å²) in [7, 11) is 4.04. The molecule has 0 unspecified atom stereocenters. The molecule has 17 heavy (non-hydrogen) atoms. The minimum Gasteiger partial charge on any atom is -0.506 e. The van der Waals surface area contributed by atoms with E-state index >= 15 is 0 Å². The number of anilines is 2. The zero-order chi connectivity index (χ0) is 12.6. The summed E-state index contributed by atoms with van der Waals surface area (Å²) in [6, 6.07) is 5.40. The van der Waals surface area contributed by atoms with Crippen LogP contribution in [0.15, 0.2) is 23.6 Å². The third-order valence-electron chi connectivity index (χ3n) is 2.68. The van der Waals surface area contributed by atoms with E-state index in [0.29, 0.717) is 5.69 Å². The molecule has 1 heterocycles. The molecule has 0 atom stereocenters. The highest BCUT2D eigenvalue weighted by molar-refractivity contribution is 7.15. The average Bonchev–Trinajstić information content (AvgIpc) is 2.64. The van der Waals surface area contributed by atoms with Crippen molar-refractivity contribution < 1.29 is 5.11 Å². The minimum atomic E-state index is 0.137. The third-order valence-corrected chi connectivity index (χ3v) is 3.94. The van der Waals surface area contributed by atoms with Crippen molar-refractivity contribution in [1.29, 1.82) is 0 Å². The van der Waals surface area contributed by atoms with Crippen LogP contribution in [0.4, 0.5) is 10.7 Å². The summed E-state index contributed by atoms with van der Waals surface area (Å²) in [5.41, 5.74) is 9.40. The number of nitrogens with zero attached hydrogens (tertiary/aromatic N) is 1. The zero-order valence-corrected chi connectivity index (χ0v) is 11.0. The quantitative estimate of drug-likeness (QED) is 0.634. The van der Waals surface area contributed by atoms with Crippen LogP contribution in [-0.2, 0) is 0 Å². The lowest BCUT2D eigenvalue weighted by Crippen LogP contribution is -2.07. The molecule has 0 saturated carbocycles. The van der Waals surface area contributed by atoms with E-state index in [-0.39, 0.29) is 5.75 Å². The summed E-state index contributed by atoms with van der Waals surface area (Å²) in [5.74, 6) is 0.137. The van der Waals surface area contributed by atoms with E-state index in [1.807, 2.05) is 20.2 Å². The van der Waals surface area contributed by atoms with Crippen molar-refractivity contribution in [2.24, 2.45) is 0 Å². The first-order valence-corrected chi connectivity index (χ1v) is 6.23. The highest BCUT2D eigenvalue weighted by Gasteiger charge is 2.13. The predicted octanol–water partition coefficient (Wildman–Crippen LogP) is 3.08. The highest BCUT2D eigenvalue weighted by Crippen LogP contribution is 2.40. The Morgan fingerprint density at radius 2 is 2.00 bits per heavy atom. The van der Waals surface area contributed by atoms with Gasteiger partial charge in [-0.25, -0.2) is 0 Å². The van der Waals surface area contributed by atoms with E-state index < -0.39 is 0 Å². The Labute approximate surface area is 105 Å². The average molecular weight is 248 g/mol. The summed E-state index contributed by atoms with van der Waals surface area (Å²) >= 11 is 1.70. The molecule has 1 aromatic heterocycles. The Morgan fingerprint density at radius 3 is 2.59 bits per heavy atom. The van der Waals surface area contributed by atoms with E-state index in [9.17, 15) is 5.11 Å². The van der Waals surface area contributed by atoms with Gasteiger partial charge in [-0.3, -0.25) is 0 Å². The topological polar surface area (TPSA) is 49.5 Å². The molecular formula is C13H16N2OS. The number of nitrogens with two attached hydrogens (primary N) is 1. The van der Waals surface area contributed by atoms with Gasteiger partial charge in [0.05, 0.1) is 10.7 Å². The number of hydrogen-bond acceptors (Lipinski definition) is 4. The lowest BCUT2D eigenvalue weighted by molar-refractivity contribution is 0.478. The number of aryl methyl sites for hydroxylation is 1. The second-order valence-electron chi connectivity index (χ2n) is 4.27.